The zero-order valence-corrected chi connectivity index (χ0v) is 7.90. The van der Waals surface area contributed by atoms with Gasteiger partial charge in [0.25, 0.3) is 0 Å². The summed E-state index contributed by atoms with van der Waals surface area (Å²) < 4.78 is 0. The van der Waals surface area contributed by atoms with Crippen LogP contribution in [-0.2, 0) is 10.5 Å². The van der Waals surface area contributed by atoms with Crippen molar-refractivity contribution in [3.8, 4) is 0 Å². The third-order valence-corrected chi connectivity index (χ3v) is 2.54. The van der Waals surface area contributed by atoms with Gasteiger partial charge in [0, 0.05) is 11.1 Å². The topological polar surface area (TPSA) is 49.7 Å². The van der Waals surface area contributed by atoms with Crippen LogP contribution in [0.25, 0.3) is 0 Å². The van der Waals surface area contributed by atoms with Crippen molar-refractivity contribution in [1.82, 2.24) is 0 Å². The SMILES string of the molecule is CCC1(O)N=C(C=O)c2ccccc21. The van der Waals surface area contributed by atoms with E-state index < -0.39 is 5.72 Å². The predicted octanol–water partition coefficient (Wildman–Crippen LogP) is 1.24. The first-order chi connectivity index (χ1) is 6.71. The molecule has 0 spiro atoms. The van der Waals surface area contributed by atoms with Gasteiger partial charge in [0.05, 0.1) is 0 Å². The average Bonchev–Trinajstić information content (AvgIpc) is 2.54. The molecule has 0 aliphatic carbocycles. The molecule has 72 valence electrons. The smallest absolute Gasteiger partial charge is 0.183 e. The third-order valence-electron chi connectivity index (χ3n) is 2.54. The first kappa shape index (κ1) is 9.09. The number of benzene rings is 1. The van der Waals surface area contributed by atoms with Crippen LogP contribution in [0.2, 0.25) is 0 Å². The summed E-state index contributed by atoms with van der Waals surface area (Å²) in [6.07, 6.45) is 1.16. The van der Waals surface area contributed by atoms with Crippen LogP contribution in [0.5, 0.6) is 0 Å². The van der Waals surface area contributed by atoms with Crippen molar-refractivity contribution in [2.75, 3.05) is 0 Å². The van der Waals surface area contributed by atoms with Crippen LogP contribution in [0.4, 0.5) is 0 Å². The highest BCUT2D eigenvalue weighted by molar-refractivity contribution is 6.37. The van der Waals surface area contributed by atoms with Crippen LogP contribution >= 0.6 is 0 Å². The Morgan fingerprint density at radius 2 is 2.21 bits per heavy atom. The van der Waals surface area contributed by atoms with Crippen molar-refractivity contribution in [2.45, 2.75) is 19.1 Å². The Morgan fingerprint density at radius 1 is 1.50 bits per heavy atom. The molecular weight excluding hydrogens is 178 g/mol. The number of hydrogen-bond acceptors (Lipinski definition) is 3. The maximum atomic E-state index is 10.7. The Hall–Kier alpha value is -1.48. The molecule has 1 aliphatic rings. The third kappa shape index (κ3) is 1.09. The fourth-order valence-corrected chi connectivity index (χ4v) is 1.73. The van der Waals surface area contributed by atoms with Gasteiger partial charge in [-0.15, -0.1) is 0 Å². The molecule has 3 nitrogen and oxygen atoms in total. The van der Waals surface area contributed by atoms with Gasteiger partial charge in [-0.2, -0.15) is 0 Å². The summed E-state index contributed by atoms with van der Waals surface area (Å²) in [5.74, 6) is 0. The zero-order chi connectivity index (χ0) is 10.2. The van der Waals surface area contributed by atoms with Gasteiger partial charge >= 0.3 is 0 Å². The van der Waals surface area contributed by atoms with Gasteiger partial charge in [0.2, 0.25) is 0 Å². The van der Waals surface area contributed by atoms with Crippen molar-refractivity contribution in [2.24, 2.45) is 4.99 Å². The fourth-order valence-electron chi connectivity index (χ4n) is 1.73. The number of nitrogens with zero attached hydrogens (tertiary/aromatic N) is 1. The van der Waals surface area contributed by atoms with Gasteiger partial charge < -0.3 is 5.11 Å². The second-order valence-electron chi connectivity index (χ2n) is 3.33. The molecule has 0 fully saturated rings. The molecule has 0 bridgehead atoms. The van der Waals surface area contributed by atoms with Gasteiger partial charge in [0.1, 0.15) is 5.71 Å². The zero-order valence-electron chi connectivity index (χ0n) is 7.90. The average molecular weight is 189 g/mol. The van der Waals surface area contributed by atoms with E-state index >= 15 is 0 Å². The van der Waals surface area contributed by atoms with Gasteiger partial charge in [-0.05, 0) is 6.42 Å². The minimum absolute atomic E-state index is 0.338. The summed E-state index contributed by atoms with van der Waals surface area (Å²) >= 11 is 0. The van der Waals surface area contributed by atoms with Gasteiger partial charge in [-0.25, -0.2) is 4.99 Å². The van der Waals surface area contributed by atoms with E-state index in [1.54, 1.807) is 12.1 Å². The Morgan fingerprint density at radius 3 is 2.86 bits per heavy atom. The van der Waals surface area contributed by atoms with E-state index in [1.165, 1.54) is 0 Å². The normalized spacial score (nSPS) is 24.3. The van der Waals surface area contributed by atoms with Gasteiger partial charge in [-0.1, -0.05) is 31.2 Å². The Kier molecular flexibility index (Phi) is 1.97. The molecule has 3 heteroatoms. The number of aldehydes is 1. The molecule has 14 heavy (non-hydrogen) atoms. The Labute approximate surface area is 82.1 Å². The summed E-state index contributed by atoms with van der Waals surface area (Å²) in [5, 5.41) is 10.1. The predicted molar refractivity (Wildman–Crippen MR) is 53.2 cm³/mol. The number of carbonyl (C=O) groups excluding carboxylic acids is 1. The fraction of sp³-hybridized carbons (Fsp3) is 0.273. The first-order valence-electron chi connectivity index (χ1n) is 4.58. The van der Waals surface area contributed by atoms with E-state index in [0.717, 1.165) is 11.1 Å². The maximum Gasteiger partial charge on any atom is 0.183 e. The van der Waals surface area contributed by atoms with E-state index in [2.05, 4.69) is 4.99 Å². The summed E-state index contributed by atoms with van der Waals surface area (Å²) in [4.78, 5) is 14.8. The number of aliphatic imine (C=N–C) groups is 1. The lowest BCUT2D eigenvalue weighted by Crippen LogP contribution is -2.18. The lowest BCUT2D eigenvalue weighted by atomic mass is 9.97. The van der Waals surface area contributed by atoms with E-state index in [0.29, 0.717) is 18.4 Å². The van der Waals surface area contributed by atoms with Crippen LogP contribution in [0.1, 0.15) is 24.5 Å². The molecule has 1 aromatic carbocycles. The molecule has 0 amide bonds. The number of carbonyl (C=O) groups is 1. The van der Waals surface area contributed by atoms with Crippen molar-refractivity contribution in [3.05, 3.63) is 35.4 Å². The second-order valence-corrected chi connectivity index (χ2v) is 3.33. The lowest BCUT2D eigenvalue weighted by molar-refractivity contribution is -0.102. The van der Waals surface area contributed by atoms with Crippen molar-refractivity contribution in [3.63, 3.8) is 0 Å². The molecule has 0 saturated carbocycles. The van der Waals surface area contributed by atoms with Gasteiger partial charge in [-0.3, -0.25) is 4.79 Å². The highest BCUT2D eigenvalue weighted by Crippen LogP contribution is 2.35. The highest BCUT2D eigenvalue weighted by atomic mass is 16.3. The summed E-state index contributed by atoms with van der Waals surface area (Å²) in [7, 11) is 0. The minimum atomic E-state index is -1.20. The van der Waals surface area contributed by atoms with Crippen LogP contribution in [0, 0.1) is 0 Å². The van der Waals surface area contributed by atoms with Gasteiger partial charge in [0.15, 0.2) is 12.0 Å². The van der Waals surface area contributed by atoms with E-state index in [-0.39, 0.29) is 0 Å². The molecule has 1 aromatic rings. The molecule has 0 radical (unpaired) electrons. The number of fused-ring (bicyclic) bond motifs is 1. The van der Waals surface area contributed by atoms with Crippen molar-refractivity contribution >= 4 is 12.0 Å². The molecule has 1 heterocycles. The molecule has 2 rings (SSSR count). The molecule has 1 N–H and O–H groups in total. The van der Waals surface area contributed by atoms with E-state index in [4.69, 9.17) is 0 Å². The molecule has 1 unspecified atom stereocenters. The van der Waals surface area contributed by atoms with E-state index in [9.17, 15) is 9.90 Å². The second kappa shape index (κ2) is 3.03. The van der Waals surface area contributed by atoms with Crippen LogP contribution < -0.4 is 0 Å². The Bertz CT molecular complexity index is 412. The lowest BCUT2D eigenvalue weighted by Gasteiger charge is -2.18. The van der Waals surface area contributed by atoms with Crippen molar-refractivity contribution in [1.29, 1.82) is 0 Å². The summed E-state index contributed by atoms with van der Waals surface area (Å²) in [6, 6.07) is 7.27. The molecule has 0 saturated heterocycles. The monoisotopic (exact) mass is 189 g/mol. The number of hydrogen-bond donors (Lipinski definition) is 1. The largest absolute Gasteiger partial charge is 0.365 e. The standard InChI is InChI=1S/C11H11NO2/c1-2-11(14)9-6-4-3-5-8(9)10(7-13)12-11/h3-7,14H,2H2,1H3. The molecule has 0 aromatic heterocycles. The maximum absolute atomic E-state index is 10.7. The number of aliphatic hydroxyl groups is 1. The summed E-state index contributed by atoms with van der Waals surface area (Å²) in [5.41, 5.74) is 0.605. The van der Waals surface area contributed by atoms with Crippen LogP contribution in [0.15, 0.2) is 29.3 Å². The number of rotatable bonds is 2. The van der Waals surface area contributed by atoms with Crippen LogP contribution in [-0.4, -0.2) is 17.1 Å². The minimum Gasteiger partial charge on any atom is -0.365 e. The molecular formula is C11H11NO2. The first-order valence-corrected chi connectivity index (χ1v) is 4.58. The molecule has 1 atom stereocenters. The quantitative estimate of drug-likeness (QED) is 0.711. The van der Waals surface area contributed by atoms with E-state index in [1.807, 2.05) is 19.1 Å². The summed E-state index contributed by atoms with van der Waals surface area (Å²) in [6.45, 7) is 1.84. The molecule has 1 aliphatic heterocycles. The van der Waals surface area contributed by atoms with Crippen LogP contribution in [0.3, 0.4) is 0 Å². The van der Waals surface area contributed by atoms with Crippen molar-refractivity contribution < 1.29 is 9.90 Å². The Balaban J connectivity index is 2.64. The highest BCUT2D eigenvalue weighted by Gasteiger charge is 2.35.